The monoisotopic (exact) mass is 405 g/mol. The Morgan fingerprint density at radius 3 is 2.37 bits per heavy atom. The second kappa shape index (κ2) is 7.55. The van der Waals surface area contributed by atoms with Crippen LogP contribution in [0.15, 0.2) is 59.3 Å². The number of esters is 1. The van der Waals surface area contributed by atoms with E-state index in [2.05, 4.69) is 0 Å². The SMILES string of the molecule is COC(=O)C1=C(C)N(c2ccc(F)cc2)C(=O)/C1=C\c1ccc(Cl)c(Cl)c1. The fraction of sp³-hybridized carbons (Fsp3) is 0.100. The van der Waals surface area contributed by atoms with Crippen molar-refractivity contribution < 1.29 is 18.7 Å². The summed E-state index contributed by atoms with van der Waals surface area (Å²) in [6, 6.07) is 10.3. The fourth-order valence-corrected chi connectivity index (χ4v) is 3.16. The molecule has 138 valence electrons. The molecule has 27 heavy (non-hydrogen) atoms. The second-order valence-corrected chi connectivity index (χ2v) is 6.61. The lowest BCUT2D eigenvalue weighted by molar-refractivity contribution is -0.136. The molecule has 7 heteroatoms. The van der Waals surface area contributed by atoms with Gasteiger partial charge in [0.2, 0.25) is 0 Å². The maximum absolute atomic E-state index is 13.2. The van der Waals surface area contributed by atoms with Crippen molar-refractivity contribution in [1.82, 2.24) is 0 Å². The minimum Gasteiger partial charge on any atom is -0.465 e. The molecule has 1 heterocycles. The van der Waals surface area contributed by atoms with Gasteiger partial charge in [0.15, 0.2) is 0 Å². The highest BCUT2D eigenvalue weighted by Crippen LogP contribution is 2.36. The van der Waals surface area contributed by atoms with E-state index in [-0.39, 0.29) is 11.1 Å². The number of ether oxygens (including phenoxy) is 1. The Labute approximate surface area is 165 Å². The van der Waals surface area contributed by atoms with E-state index >= 15 is 0 Å². The first-order valence-electron chi connectivity index (χ1n) is 7.90. The number of allylic oxidation sites excluding steroid dienone is 1. The zero-order valence-electron chi connectivity index (χ0n) is 14.4. The molecule has 4 nitrogen and oxygen atoms in total. The Balaban J connectivity index is 2.13. The molecule has 1 aliphatic rings. The highest BCUT2D eigenvalue weighted by Gasteiger charge is 2.37. The van der Waals surface area contributed by atoms with E-state index in [0.717, 1.165) is 0 Å². The number of carbonyl (C=O) groups is 2. The van der Waals surface area contributed by atoms with Crippen molar-refractivity contribution in [3.63, 3.8) is 0 Å². The normalized spacial score (nSPS) is 15.7. The molecule has 0 aromatic heterocycles. The van der Waals surface area contributed by atoms with Crippen LogP contribution in [0, 0.1) is 5.82 Å². The Bertz CT molecular complexity index is 997. The van der Waals surface area contributed by atoms with Crippen LogP contribution in [-0.2, 0) is 14.3 Å². The topological polar surface area (TPSA) is 46.6 Å². The molecule has 0 atom stereocenters. The van der Waals surface area contributed by atoms with E-state index < -0.39 is 17.7 Å². The number of halogens is 3. The Hall–Kier alpha value is -2.63. The summed E-state index contributed by atoms with van der Waals surface area (Å²) in [5.74, 6) is -1.49. The van der Waals surface area contributed by atoms with E-state index in [1.54, 1.807) is 31.2 Å². The molecule has 0 unspecified atom stereocenters. The lowest BCUT2D eigenvalue weighted by Gasteiger charge is -2.17. The van der Waals surface area contributed by atoms with Crippen LogP contribution in [0.3, 0.4) is 0 Å². The number of hydrogen-bond donors (Lipinski definition) is 0. The smallest absolute Gasteiger partial charge is 0.340 e. The van der Waals surface area contributed by atoms with Crippen molar-refractivity contribution in [3.05, 3.63) is 80.7 Å². The first-order chi connectivity index (χ1) is 12.8. The predicted octanol–water partition coefficient (Wildman–Crippen LogP) is 5.01. The molecule has 2 aromatic rings. The van der Waals surface area contributed by atoms with Crippen molar-refractivity contribution in [1.29, 1.82) is 0 Å². The summed E-state index contributed by atoms with van der Waals surface area (Å²) in [5.41, 5.74) is 1.73. The number of rotatable bonds is 3. The quantitative estimate of drug-likeness (QED) is 0.532. The van der Waals surface area contributed by atoms with Crippen LogP contribution < -0.4 is 4.90 Å². The number of nitrogens with zero attached hydrogens (tertiary/aromatic N) is 1. The Morgan fingerprint density at radius 1 is 1.11 bits per heavy atom. The van der Waals surface area contributed by atoms with Crippen LogP contribution in [-0.4, -0.2) is 19.0 Å². The van der Waals surface area contributed by atoms with E-state index in [4.69, 9.17) is 27.9 Å². The summed E-state index contributed by atoms with van der Waals surface area (Å²) in [4.78, 5) is 26.7. The number of carbonyl (C=O) groups excluding carboxylic acids is 2. The first-order valence-corrected chi connectivity index (χ1v) is 8.65. The number of methoxy groups -OCH3 is 1. The summed E-state index contributed by atoms with van der Waals surface area (Å²) in [6.45, 7) is 1.63. The summed E-state index contributed by atoms with van der Waals surface area (Å²) in [7, 11) is 1.24. The molecule has 0 saturated heterocycles. The van der Waals surface area contributed by atoms with Crippen LogP contribution >= 0.6 is 23.2 Å². The second-order valence-electron chi connectivity index (χ2n) is 5.80. The molecule has 0 N–H and O–H groups in total. The molecule has 0 bridgehead atoms. The minimum atomic E-state index is -0.642. The third-order valence-electron chi connectivity index (χ3n) is 4.13. The standard InChI is InChI=1S/C20H14Cl2FNO3/c1-11-18(20(26)27-2)15(9-12-3-8-16(21)17(22)10-12)19(25)24(11)14-6-4-13(23)5-7-14/h3-10H,1-2H3/b15-9-. The molecular weight excluding hydrogens is 392 g/mol. The third kappa shape index (κ3) is 3.61. The van der Waals surface area contributed by atoms with Gasteiger partial charge in [0.1, 0.15) is 5.82 Å². The summed E-state index contributed by atoms with van der Waals surface area (Å²) in [6.07, 6.45) is 1.55. The first kappa shape index (κ1) is 19.1. The van der Waals surface area contributed by atoms with E-state index in [1.165, 1.54) is 36.3 Å². The van der Waals surface area contributed by atoms with Gasteiger partial charge in [0.05, 0.1) is 28.3 Å². The Kier molecular flexibility index (Phi) is 5.35. The molecule has 0 aliphatic carbocycles. The van der Waals surface area contributed by atoms with Crippen molar-refractivity contribution in [2.75, 3.05) is 12.0 Å². The number of amides is 1. The lowest BCUT2D eigenvalue weighted by Crippen LogP contribution is -2.24. The van der Waals surface area contributed by atoms with Gasteiger partial charge in [-0.1, -0.05) is 29.3 Å². The van der Waals surface area contributed by atoms with Crippen LogP contribution in [0.5, 0.6) is 0 Å². The fourth-order valence-electron chi connectivity index (χ4n) is 2.85. The van der Waals surface area contributed by atoms with Gasteiger partial charge in [-0.15, -0.1) is 0 Å². The third-order valence-corrected chi connectivity index (χ3v) is 4.87. The van der Waals surface area contributed by atoms with Crippen molar-refractivity contribution in [3.8, 4) is 0 Å². The molecule has 2 aromatic carbocycles. The molecule has 0 spiro atoms. The van der Waals surface area contributed by atoms with Crippen molar-refractivity contribution >= 4 is 46.8 Å². The number of anilines is 1. The van der Waals surface area contributed by atoms with Gasteiger partial charge in [0, 0.05) is 11.4 Å². The van der Waals surface area contributed by atoms with Crippen LogP contribution in [0.2, 0.25) is 10.0 Å². The maximum atomic E-state index is 13.2. The molecule has 0 fully saturated rings. The van der Waals surface area contributed by atoms with E-state index in [0.29, 0.717) is 27.0 Å². The van der Waals surface area contributed by atoms with E-state index in [1.807, 2.05) is 0 Å². The predicted molar refractivity (Wildman–Crippen MR) is 103 cm³/mol. The molecule has 3 rings (SSSR count). The van der Waals surface area contributed by atoms with Gasteiger partial charge in [-0.3, -0.25) is 9.69 Å². The average molecular weight is 406 g/mol. The van der Waals surface area contributed by atoms with Gasteiger partial charge in [-0.25, -0.2) is 9.18 Å². The maximum Gasteiger partial charge on any atom is 0.340 e. The zero-order chi connectivity index (χ0) is 19.7. The molecule has 1 amide bonds. The van der Waals surface area contributed by atoms with Gasteiger partial charge in [-0.05, 0) is 55.0 Å². The number of hydrogen-bond acceptors (Lipinski definition) is 3. The largest absolute Gasteiger partial charge is 0.465 e. The number of benzene rings is 2. The van der Waals surface area contributed by atoms with Gasteiger partial charge >= 0.3 is 5.97 Å². The van der Waals surface area contributed by atoms with Crippen molar-refractivity contribution in [2.45, 2.75) is 6.92 Å². The lowest BCUT2D eigenvalue weighted by atomic mass is 10.0. The van der Waals surface area contributed by atoms with Gasteiger partial charge in [-0.2, -0.15) is 0 Å². The summed E-state index contributed by atoms with van der Waals surface area (Å²) >= 11 is 12.0. The van der Waals surface area contributed by atoms with Crippen LogP contribution in [0.25, 0.3) is 6.08 Å². The molecule has 0 radical (unpaired) electrons. The molecule has 0 saturated carbocycles. The van der Waals surface area contributed by atoms with Crippen molar-refractivity contribution in [2.24, 2.45) is 0 Å². The minimum absolute atomic E-state index is 0.137. The summed E-state index contributed by atoms with van der Waals surface area (Å²) < 4.78 is 18.1. The van der Waals surface area contributed by atoms with Gasteiger partial charge < -0.3 is 4.74 Å². The highest BCUT2D eigenvalue weighted by molar-refractivity contribution is 6.42. The Morgan fingerprint density at radius 2 is 1.78 bits per heavy atom. The zero-order valence-corrected chi connectivity index (χ0v) is 15.9. The highest BCUT2D eigenvalue weighted by atomic mass is 35.5. The van der Waals surface area contributed by atoms with Crippen LogP contribution in [0.4, 0.5) is 10.1 Å². The van der Waals surface area contributed by atoms with E-state index in [9.17, 15) is 14.0 Å². The average Bonchev–Trinajstić information content (AvgIpc) is 2.88. The van der Waals surface area contributed by atoms with Gasteiger partial charge in [0.25, 0.3) is 5.91 Å². The summed E-state index contributed by atoms with van der Waals surface area (Å²) in [5, 5.41) is 0.705. The van der Waals surface area contributed by atoms with Crippen LogP contribution in [0.1, 0.15) is 12.5 Å². The molecule has 1 aliphatic heterocycles. The molecular formula is C20H14Cl2FNO3.